The predicted octanol–water partition coefficient (Wildman–Crippen LogP) is 3.36. The number of aromatic nitrogens is 5. The molecule has 4 heterocycles. The molecule has 0 unspecified atom stereocenters. The average molecular weight is 515 g/mol. The van der Waals surface area contributed by atoms with E-state index in [4.69, 9.17) is 4.74 Å². The fourth-order valence-electron chi connectivity index (χ4n) is 3.73. The Hall–Kier alpha value is -3.75. The van der Waals surface area contributed by atoms with Gasteiger partial charge < -0.3 is 15.0 Å². The van der Waals surface area contributed by atoms with Gasteiger partial charge in [-0.25, -0.2) is 19.3 Å². The van der Waals surface area contributed by atoms with Gasteiger partial charge in [-0.15, -0.1) is 0 Å². The molecule has 36 heavy (non-hydrogen) atoms. The topological polar surface area (TPSA) is 98.1 Å². The standard InChI is InChI=1S/C21H19F6N7O2/c1-11-15(8-29-16-4-3-12(5-28-16)21(25,26)27)34(10-20(23,24)36-11)19(35)17-14(9-33(2)32-17)18-30-6-13(22)7-31-18/h3-7,9,11,15H,8,10H2,1-2H3,(H,28,29)/t11-,15+/m0/s1. The molecule has 1 aliphatic heterocycles. The zero-order chi connectivity index (χ0) is 26.3. The summed E-state index contributed by atoms with van der Waals surface area (Å²) in [5.41, 5.74) is -1.10. The Balaban J connectivity index is 1.60. The first kappa shape index (κ1) is 25.3. The Bertz CT molecular complexity index is 1230. The molecule has 0 saturated carbocycles. The van der Waals surface area contributed by atoms with Crippen molar-refractivity contribution < 1.29 is 35.9 Å². The average Bonchev–Trinajstić information content (AvgIpc) is 3.19. The molecule has 0 bridgehead atoms. The molecule has 0 spiro atoms. The van der Waals surface area contributed by atoms with Gasteiger partial charge in [0.1, 0.15) is 12.4 Å². The van der Waals surface area contributed by atoms with Crippen LogP contribution in [0, 0.1) is 5.82 Å². The third kappa shape index (κ3) is 5.40. The molecule has 1 saturated heterocycles. The van der Waals surface area contributed by atoms with Crippen LogP contribution in [0.4, 0.5) is 32.2 Å². The molecular weight excluding hydrogens is 496 g/mol. The van der Waals surface area contributed by atoms with E-state index in [1.807, 2.05) is 0 Å². The number of alkyl halides is 5. The Kier molecular flexibility index (Phi) is 6.60. The first-order valence-corrected chi connectivity index (χ1v) is 10.5. The second-order valence-electron chi connectivity index (χ2n) is 8.06. The van der Waals surface area contributed by atoms with Crippen LogP contribution >= 0.6 is 0 Å². The summed E-state index contributed by atoms with van der Waals surface area (Å²) < 4.78 is 86.2. The molecule has 192 valence electrons. The minimum absolute atomic E-state index is 0.0375. The highest BCUT2D eigenvalue weighted by atomic mass is 19.4. The maximum Gasteiger partial charge on any atom is 0.417 e. The molecule has 1 aliphatic rings. The van der Waals surface area contributed by atoms with Gasteiger partial charge in [-0.1, -0.05) is 0 Å². The van der Waals surface area contributed by atoms with Crippen LogP contribution in [-0.4, -0.2) is 66.9 Å². The monoisotopic (exact) mass is 515 g/mol. The normalized spacial score (nSPS) is 19.8. The number of hydrogen-bond acceptors (Lipinski definition) is 7. The number of ether oxygens (including phenoxy) is 1. The fourth-order valence-corrected chi connectivity index (χ4v) is 3.73. The lowest BCUT2D eigenvalue weighted by molar-refractivity contribution is -0.298. The number of amides is 1. The minimum atomic E-state index is -4.57. The number of anilines is 1. The highest BCUT2D eigenvalue weighted by Gasteiger charge is 2.48. The largest absolute Gasteiger partial charge is 0.417 e. The highest BCUT2D eigenvalue weighted by Crippen LogP contribution is 2.32. The van der Waals surface area contributed by atoms with Crippen LogP contribution in [0.2, 0.25) is 0 Å². The summed E-state index contributed by atoms with van der Waals surface area (Å²) in [6.45, 7) is 0.0576. The number of pyridine rings is 1. The zero-order valence-electron chi connectivity index (χ0n) is 18.8. The van der Waals surface area contributed by atoms with Gasteiger partial charge in [0.15, 0.2) is 17.3 Å². The van der Waals surface area contributed by atoms with E-state index in [9.17, 15) is 31.1 Å². The lowest BCUT2D eigenvalue weighted by Crippen LogP contribution is -2.61. The molecule has 3 aromatic rings. The molecule has 4 rings (SSSR count). The van der Waals surface area contributed by atoms with E-state index in [1.54, 1.807) is 0 Å². The van der Waals surface area contributed by atoms with Crippen LogP contribution in [0.1, 0.15) is 23.0 Å². The van der Waals surface area contributed by atoms with Gasteiger partial charge in [-0.3, -0.25) is 9.48 Å². The van der Waals surface area contributed by atoms with Crippen LogP contribution < -0.4 is 5.32 Å². The Morgan fingerprint density at radius 2 is 1.89 bits per heavy atom. The smallest absolute Gasteiger partial charge is 0.368 e. The first-order valence-electron chi connectivity index (χ1n) is 10.5. The third-order valence-electron chi connectivity index (χ3n) is 5.39. The number of aryl methyl sites for hydroxylation is 1. The van der Waals surface area contributed by atoms with Gasteiger partial charge in [-0.05, 0) is 19.1 Å². The molecule has 15 heteroatoms. The quantitative estimate of drug-likeness (QED) is 0.521. The number of morpholine rings is 1. The molecule has 2 atom stereocenters. The number of carbonyl (C=O) groups is 1. The Labute approximate surface area is 200 Å². The van der Waals surface area contributed by atoms with Gasteiger partial charge >= 0.3 is 12.3 Å². The number of rotatable bonds is 5. The number of carbonyl (C=O) groups excluding carboxylic acids is 1. The summed E-state index contributed by atoms with van der Waals surface area (Å²) in [5.74, 6) is -1.59. The fraction of sp³-hybridized carbons (Fsp3) is 0.381. The molecule has 9 nitrogen and oxygen atoms in total. The van der Waals surface area contributed by atoms with E-state index in [1.165, 1.54) is 24.9 Å². The third-order valence-corrected chi connectivity index (χ3v) is 5.39. The van der Waals surface area contributed by atoms with E-state index in [-0.39, 0.29) is 29.4 Å². The summed E-state index contributed by atoms with van der Waals surface area (Å²) in [5, 5.41) is 6.83. The van der Waals surface area contributed by atoms with E-state index in [0.29, 0.717) is 6.20 Å². The highest BCUT2D eigenvalue weighted by molar-refractivity contribution is 5.98. The molecule has 1 N–H and O–H groups in total. The molecule has 1 amide bonds. The molecule has 0 radical (unpaired) electrons. The molecular formula is C21H19F6N7O2. The van der Waals surface area contributed by atoms with Crippen LogP contribution in [0.15, 0.2) is 36.9 Å². The van der Waals surface area contributed by atoms with E-state index < -0.39 is 48.3 Å². The molecule has 0 aliphatic carbocycles. The second kappa shape index (κ2) is 9.37. The van der Waals surface area contributed by atoms with Crippen molar-refractivity contribution in [2.75, 3.05) is 18.4 Å². The first-order chi connectivity index (χ1) is 16.8. The van der Waals surface area contributed by atoms with E-state index in [0.717, 1.165) is 29.4 Å². The van der Waals surface area contributed by atoms with Crippen LogP contribution in [-0.2, 0) is 18.0 Å². The number of nitrogens with one attached hydrogen (secondary N) is 1. The molecule has 0 aromatic carbocycles. The summed E-state index contributed by atoms with van der Waals surface area (Å²) >= 11 is 0. The zero-order valence-corrected chi connectivity index (χ0v) is 18.8. The summed E-state index contributed by atoms with van der Waals surface area (Å²) in [6, 6.07) is 0.918. The van der Waals surface area contributed by atoms with Gasteiger partial charge in [0, 0.05) is 26.0 Å². The van der Waals surface area contributed by atoms with Gasteiger partial charge in [0.2, 0.25) is 0 Å². The predicted molar refractivity (Wildman–Crippen MR) is 112 cm³/mol. The van der Waals surface area contributed by atoms with Crippen molar-refractivity contribution in [2.24, 2.45) is 7.05 Å². The lowest BCUT2D eigenvalue weighted by atomic mass is 10.1. The Morgan fingerprint density at radius 1 is 1.19 bits per heavy atom. The number of hydrogen-bond donors (Lipinski definition) is 1. The van der Waals surface area contributed by atoms with Crippen molar-refractivity contribution in [3.05, 3.63) is 54.0 Å². The van der Waals surface area contributed by atoms with Crippen molar-refractivity contribution in [3.8, 4) is 11.4 Å². The minimum Gasteiger partial charge on any atom is -0.368 e. The van der Waals surface area contributed by atoms with Crippen molar-refractivity contribution in [3.63, 3.8) is 0 Å². The van der Waals surface area contributed by atoms with E-state index >= 15 is 0 Å². The Morgan fingerprint density at radius 3 is 2.50 bits per heavy atom. The SMILES string of the molecule is C[C@@H]1OC(F)(F)CN(C(=O)c2nn(C)cc2-c2ncc(F)cn2)[C@@H]1CNc1ccc(C(F)(F)F)cn1. The number of halogens is 6. The van der Waals surface area contributed by atoms with Crippen molar-refractivity contribution in [2.45, 2.75) is 31.4 Å². The van der Waals surface area contributed by atoms with E-state index in [2.05, 4.69) is 25.4 Å². The summed E-state index contributed by atoms with van der Waals surface area (Å²) in [7, 11) is 1.50. The lowest BCUT2D eigenvalue weighted by Gasteiger charge is -2.43. The second-order valence-corrected chi connectivity index (χ2v) is 8.06. The van der Waals surface area contributed by atoms with Crippen molar-refractivity contribution in [1.29, 1.82) is 0 Å². The maximum absolute atomic E-state index is 14.3. The van der Waals surface area contributed by atoms with Crippen molar-refractivity contribution >= 4 is 11.7 Å². The summed E-state index contributed by atoms with van der Waals surface area (Å²) in [6.07, 6.45) is -5.62. The van der Waals surface area contributed by atoms with Crippen LogP contribution in [0.5, 0.6) is 0 Å². The molecule has 1 fully saturated rings. The van der Waals surface area contributed by atoms with Gasteiger partial charge in [0.25, 0.3) is 5.91 Å². The van der Waals surface area contributed by atoms with Gasteiger partial charge in [-0.2, -0.15) is 27.1 Å². The van der Waals surface area contributed by atoms with Gasteiger partial charge in [0.05, 0.1) is 35.7 Å². The van der Waals surface area contributed by atoms with Crippen molar-refractivity contribution in [1.82, 2.24) is 29.6 Å². The number of nitrogens with zero attached hydrogens (tertiary/aromatic N) is 6. The van der Waals surface area contributed by atoms with Crippen LogP contribution in [0.3, 0.4) is 0 Å². The summed E-state index contributed by atoms with van der Waals surface area (Å²) in [4.78, 5) is 25.7. The maximum atomic E-state index is 14.3. The molecule has 3 aromatic heterocycles. The van der Waals surface area contributed by atoms with Crippen LogP contribution in [0.25, 0.3) is 11.4 Å².